The van der Waals surface area contributed by atoms with Crippen LogP contribution < -0.4 is 0 Å². The molecule has 0 fully saturated rings. The molecule has 0 saturated carbocycles. The van der Waals surface area contributed by atoms with Crippen LogP contribution >= 0.6 is 0 Å². The van der Waals surface area contributed by atoms with E-state index in [9.17, 15) is 0 Å². The minimum absolute atomic E-state index is 0.860. The number of hydrogen-bond acceptors (Lipinski definition) is 1. The maximum atomic E-state index is 4.05. The van der Waals surface area contributed by atoms with Gasteiger partial charge >= 0.3 is 0 Å². The highest BCUT2D eigenvalue weighted by Crippen LogP contribution is 2.20. The number of imidazole rings is 1. The first kappa shape index (κ1) is 11.7. The molecule has 1 aromatic heterocycles. The van der Waals surface area contributed by atoms with E-state index < -0.39 is 0 Å². The van der Waals surface area contributed by atoms with Crippen molar-refractivity contribution in [3.05, 3.63) is 72.8 Å². The topological polar surface area (TPSA) is 17.8 Å². The third kappa shape index (κ3) is 2.58. The van der Waals surface area contributed by atoms with Gasteiger partial charge in [-0.25, -0.2) is 4.98 Å². The van der Waals surface area contributed by atoms with Crippen LogP contribution in [-0.4, -0.2) is 9.55 Å². The molecule has 0 unspecified atom stereocenters. The first-order valence-corrected chi connectivity index (χ1v) is 6.44. The van der Waals surface area contributed by atoms with Crippen LogP contribution in [0.25, 0.3) is 16.3 Å². The first-order valence-electron chi connectivity index (χ1n) is 6.44. The third-order valence-electron chi connectivity index (χ3n) is 3.37. The van der Waals surface area contributed by atoms with Crippen molar-refractivity contribution in [2.45, 2.75) is 13.5 Å². The van der Waals surface area contributed by atoms with Gasteiger partial charge in [0, 0.05) is 18.9 Å². The van der Waals surface area contributed by atoms with Crippen molar-refractivity contribution in [2.24, 2.45) is 0 Å². The van der Waals surface area contributed by atoms with E-state index in [2.05, 4.69) is 65.0 Å². The molecule has 2 heteroatoms. The normalized spacial score (nSPS) is 11.9. The Kier molecular flexibility index (Phi) is 3.15. The fourth-order valence-electron chi connectivity index (χ4n) is 2.19. The first-order chi connectivity index (χ1) is 9.33. The molecular weight excluding hydrogens is 232 g/mol. The number of benzene rings is 2. The van der Waals surface area contributed by atoms with Crippen molar-refractivity contribution in [1.82, 2.24) is 9.55 Å². The number of hydrogen-bond donors (Lipinski definition) is 0. The Morgan fingerprint density at radius 1 is 1.16 bits per heavy atom. The molecule has 0 spiro atoms. The molecule has 0 atom stereocenters. The van der Waals surface area contributed by atoms with E-state index in [1.54, 1.807) is 6.20 Å². The summed E-state index contributed by atoms with van der Waals surface area (Å²) in [6.45, 7) is 3.01. The standard InChI is InChI=1S/C17H16N2/c1-14(8-10-19-11-9-18-13-19)16-7-6-15-4-2-3-5-17(15)12-16/h2-9,11-13H,10H2,1H3/b14-8+. The summed E-state index contributed by atoms with van der Waals surface area (Å²) in [6, 6.07) is 15.1. The fraction of sp³-hybridized carbons (Fsp3) is 0.118. The molecule has 19 heavy (non-hydrogen) atoms. The van der Waals surface area contributed by atoms with Gasteiger partial charge in [0.05, 0.1) is 6.33 Å². The summed E-state index contributed by atoms with van der Waals surface area (Å²) < 4.78 is 2.06. The largest absolute Gasteiger partial charge is 0.334 e. The minimum Gasteiger partial charge on any atom is -0.334 e. The second kappa shape index (κ2) is 5.11. The van der Waals surface area contributed by atoms with Gasteiger partial charge in [-0.2, -0.15) is 0 Å². The Morgan fingerprint density at radius 3 is 2.79 bits per heavy atom. The predicted octanol–water partition coefficient (Wildman–Crippen LogP) is 4.14. The van der Waals surface area contributed by atoms with Crippen LogP contribution in [0.5, 0.6) is 0 Å². The molecule has 0 aliphatic heterocycles. The smallest absolute Gasteiger partial charge is 0.0948 e. The summed E-state index contributed by atoms with van der Waals surface area (Å²) in [6.07, 6.45) is 7.85. The van der Waals surface area contributed by atoms with E-state index >= 15 is 0 Å². The molecule has 3 aromatic rings. The number of fused-ring (bicyclic) bond motifs is 1. The average Bonchev–Trinajstić information content (AvgIpc) is 2.97. The Morgan fingerprint density at radius 2 is 2.00 bits per heavy atom. The molecule has 0 aliphatic carbocycles. The van der Waals surface area contributed by atoms with Crippen molar-refractivity contribution >= 4 is 16.3 Å². The SMILES string of the molecule is C/C(=C\Cn1ccnc1)c1ccc2ccccc2c1. The van der Waals surface area contributed by atoms with Gasteiger partial charge in [0.25, 0.3) is 0 Å². The van der Waals surface area contributed by atoms with Crippen molar-refractivity contribution in [3.63, 3.8) is 0 Å². The van der Waals surface area contributed by atoms with Gasteiger partial charge in [-0.15, -0.1) is 0 Å². The number of aromatic nitrogens is 2. The molecule has 0 radical (unpaired) electrons. The van der Waals surface area contributed by atoms with Gasteiger partial charge in [-0.1, -0.05) is 42.5 Å². The van der Waals surface area contributed by atoms with E-state index in [0.29, 0.717) is 0 Å². The molecule has 0 amide bonds. The summed E-state index contributed by atoms with van der Waals surface area (Å²) in [4.78, 5) is 4.05. The van der Waals surface area contributed by atoms with Crippen molar-refractivity contribution in [3.8, 4) is 0 Å². The van der Waals surface area contributed by atoms with E-state index in [1.165, 1.54) is 21.9 Å². The van der Waals surface area contributed by atoms with Gasteiger partial charge in [-0.3, -0.25) is 0 Å². The zero-order chi connectivity index (χ0) is 13.1. The highest BCUT2D eigenvalue weighted by molar-refractivity contribution is 5.86. The van der Waals surface area contributed by atoms with Crippen LogP contribution in [0, 0.1) is 0 Å². The quantitative estimate of drug-likeness (QED) is 0.681. The molecule has 94 valence electrons. The predicted molar refractivity (Wildman–Crippen MR) is 79.8 cm³/mol. The Bertz CT molecular complexity index is 709. The van der Waals surface area contributed by atoms with Gasteiger partial charge in [0.1, 0.15) is 0 Å². The molecule has 2 aromatic carbocycles. The van der Waals surface area contributed by atoms with E-state index in [-0.39, 0.29) is 0 Å². The monoisotopic (exact) mass is 248 g/mol. The highest BCUT2D eigenvalue weighted by Gasteiger charge is 1.98. The van der Waals surface area contributed by atoms with Crippen LogP contribution in [0.2, 0.25) is 0 Å². The molecule has 0 aliphatic rings. The van der Waals surface area contributed by atoms with Crippen molar-refractivity contribution in [1.29, 1.82) is 0 Å². The lowest BCUT2D eigenvalue weighted by Crippen LogP contribution is -1.91. The van der Waals surface area contributed by atoms with Crippen LogP contribution in [0.3, 0.4) is 0 Å². The molecule has 2 nitrogen and oxygen atoms in total. The number of allylic oxidation sites excluding steroid dienone is 2. The maximum absolute atomic E-state index is 4.05. The van der Waals surface area contributed by atoms with Crippen LogP contribution in [0.4, 0.5) is 0 Å². The second-order valence-electron chi connectivity index (χ2n) is 4.71. The van der Waals surface area contributed by atoms with Crippen LogP contribution in [-0.2, 0) is 6.54 Å². The van der Waals surface area contributed by atoms with Crippen LogP contribution in [0.1, 0.15) is 12.5 Å². The minimum atomic E-state index is 0.860. The Labute approximate surface area is 113 Å². The molecular formula is C17H16N2. The second-order valence-corrected chi connectivity index (χ2v) is 4.71. The van der Waals surface area contributed by atoms with Crippen molar-refractivity contribution in [2.75, 3.05) is 0 Å². The summed E-state index contributed by atoms with van der Waals surface area (Å²) in [5, 5.41) is 2.57. The third-order valence-corrected chi connectivity index (χ3v) is 3.37. The van der Waals surface area contributed by atoms with Gasteiger partial charge in [-0.05, 0) is 34.9 Å². The molecule has 3 rings (SSSR count). The molecule has 0 N–H and O–H groups in total. The fourth-order valence-corrected chi connectivity index (χ4v) is 2.19. The summed E-state index contributed by atoms with van der Waals surface area (Å²) in [7, 11) is 0. The lowest BCUT2D eigenvalue weighted by Gasteiger charge is -2.05. The zero-order valence-corrected chi connectivity index (χ0v) is 11.0. The summed E-state index contributed by atoms with van der Waals surface area (Å²) in [5.41, 5.74) is 2.57. The van der Waals surface area contributed by atoms with Gasteiger partial charge < -0.3 is 4.57 Å². The lowest BCUT2D eigenvalue weighted by atomic mass is 10.0. The summed E-state index contributed by atoms with van der Waals surface area (Å²) >= 11 is 0. The lowest BCUT2D eigenvalue weighted by molar-refractivity contribution is 0.821. The number of nitrogens with zero attached hydrogens (tertiary/aromatic N) is 2. The summed E-state index contributed by atoms with van der Waals surface area (Å²) in [5.74, 6) is 0. The average molecular weight is 248 g/mol. The number of rotatable bonds is 3. The van der Waals surface area contributed by atoms with Gasteiger partial charge in [0.15, 0.2) is 0 Å². The Hall–Kier alpha value is -2.35. The molecule has 1 heterocycles. The van der Waals surface area contributed by atoms with Gasteiger partial charge in [0.2, 0.25) is 0 Å². The molecule has 0 bridgehead atoms. The molecule has 0 saturated heterocycles. The van der Waals surface area contributed by atoms with E-state index in [0.717, 1.165) is 6.54 Å². The highest BCUT2D eigenvalue weighted by atomic mass is 15.0. The van der Waals surface area contributed by atoms with Crippen LogP contribution in [0.15, 0.2) is 67.3 Å². The zero-order valence-electron chi connectivity index (χ0n) is 11.0. The van der Waals surface area contributed by atoms with E-state index in [1.807, 2.05) is 12.5 Å². The van der Waals surface area contributed by atoms with E-state index in [4.69, 9.17) is 0 Å². The van der Waals surface area contributed by atoms with Crippen molar-refractivity contribution < 1.29 is 0 Å². The Balaban J connectivity index is 1.88. The maximum Gasteiger partial charge on any atom is 0.0948 e.